The smallest absolute Gasteiger partial charge is 0.274 e. The first kappa shape index (κ1) is 30.4. The molecule has 3 heterocycles. The summed E-state index contributed by atoms with van der Waals surface area (Å²) >= 11 is 0. The molecule has 9 nitrogen and oxygen atoms in total. The van der Waals surface area contributed by atoms with Gasteiger partial charge in [0.2, 0.25) is 0 Å². The quantitative estimate of drug-likeness (QED) is 0.219. The lowest BCUT2D eigenvalue weighted by Crippen LogP contribution is -2.23. The predicted molar refractivity (Wildman–Crippen MR) is 159 cm³/mol. The van der Waals surface area contributed by atoms with Crippen molar-refractivity contribution in [2.45, 2.75) is 13.1 Å². The second kappa shape index (κ2) is 13.5. The normalized spacial score (nSPS) is 11.2. The molecule has 2 aromatic carbocycles. The van der Waals surface area contributed by atoms with E-state index < -0.39 is 29.3 Å². The summed E-state index contributed by atoms with van der Waals surface area (Å²) in [6.07, 6.45) is 6.64. The number of halogens is 3. The fourth-order valence-electron chi connectivity index (χ4n) is 4.58. The van der Waals surface area contributed by atoms with Gasteiger partial charge in [0.15, 0.2) is 11.6 Å². The molecule has 0 aliphatic rings. The summed E-state index contributed by atoms with van der Waals surface area (Å²) in [4.78, 5) is 36.7. The number of nitrogens with zero attached hydrogens (tertiary/aromatic N) is 4. The van der Waals surface area contributed by atoms with Crippen molar-refractivity contribution < 1.29 is 27.5 Å². The van der Waals surface area contributed by atoms with Crippen LogP contribution in [0.5, 0.6) is 0 Å². The van der Waals surface area contributed by atoms with Gasteiger partial charge in [-0.1, -0.05) is 6.07 Å². The monoisotopic (exact) mass is 602 g/mol. The van der Waals surface area contributed by atoms with Crippen LogP contribution in [-0.2, 0) is 17.8 Å². The third-order valence-electron chi connectivity index (χ3n) is 6.92. The van der Waals surface area contributed by atoms with Gasteiger partial charge in [0.25, 0.3) is 11.8 Å². The number of carbonyl (C=O) groups excluding carboxylic acids is 2. The first-order valence-electron chi connectivity index (χ1n) is 13.6. The number of likely N-dealkylation sites (N-methyl/N-ethyl adjacent to an activating group) is 1. The molecule has 0 spiro atoms. The second-order valence-electron chi connectivity index (χ2n) is 10.2. The van der Waals surface area contributed by atoms with Crippen molar-refractivity contribution in [2.75, 3.05) is 32.6 Å². The van der Waals surface area contributed by atoms with E-state index >= 15 is 0 Å². The Bertz CT molecular complexity index is 1830. The van der Waals surface area contributed by atoms with Gasteiger partial charge in [-0.25, -0.2) is 18.2 Å². The average Bonchev–Trinajstić information content (AvgIpc) is 3.45. The van der Waals surface area contributed by atoms with Crippen molar-refractivity contribution in [1.29, 1.82) is 0 Å². The number of benzene rings is 2. The number of ether oxygens (including phenoxy) is 1. The Morgan fingerprint density at radius 2 is 1.70 bits per heavy atom. The van der Waals surface area contributed by atoms with Gasteiger partial charge in [0.1, 0.15) is 17.2 Å². The van der Waals surface area contributed by atoms with Crippen LogP contribution in [-0.4, -0.2) is 58.4 Å². The zero-order valence-electron chi connectivity index (χ0n) is 24.0. The summed E-state index contributed by atoms with van der Waals surface area (Å²) < 4.78 is 48.0. The molecule has 2 amide bonds. The van der Waals surface area contributed by atoms with Crippen molar-refractivity contribution >= 4 is 23.1 Å². The SMILES string of the molecule is COCCN(C)Cc1cncc(-c2ccn3c(C(=O)Nc4cc(C(=O)NCc5ccc(F)c(F)c5)ccc4F)cnc3c2)c1. The van der Waals surface area contributed by atoms with Crippen molar-refractivity contribution in [1.82, 2.24) is 24.6 Å². The summed E-state index contributed by atoms with van der Waals surface area (Å²) in [6.45, 7) is 2.04. The third kappa shape index (κ3) is 7.10. The molecule has 0 aliphatic carbocycles. The van der Waals surface area contributed by atoms with E-state index in [9.17, 15) is 22.8 Å². The molecule has 0 aliphatic heterocycles. The van der Waals surface area contributed by atoms with Crippen LogP contribution in [0, 0.1) is 17.5 Å². The highest BCUT2D eigenvalue weighted by atomic mass is 19.2. The van der Waals surface area contributed by atoms with Gasteiger partial charge in [-0.15, -0.1) is 0 Å². The number of amides is 2. The maximum atomic E-state index is 14.6. The highest BCUT2D eigenvalue weighted by molar-refractivity contribution is 6.04. The summed E-state index contributed by atoms with van der Waals surface area (Å²) in [5.41, 5.74) is 3.64. The van der Waals surface area contributed by atoms with Crippen molar-refractivity contribution in [3.63, 3.8) is 0 Å². The largest absolute Gasteiger partial charge is 0.383 e. The number of anilines is 1. The topological polar surface area (TPSA) is 101 Å². The molecule has 0 atom stereocenters. The Balaban J connectivity index is 1.28. The Labute approximate surface area is 251 Å². The van der Waals surface area contributed by atoms with E-state index in [-0.39, 0.29) is 23.5 Å². The van der Waals surface area contributed by atoms with Crippen LogP contribution in [0.25, 0.3) is 16.8 Å². The number of imidazole rings is 1. The lowest BCUT2D eigenvalue weighted by molar-refractivity contribution is 0.0949. The van der Waals surface area contributed by atoms with E-state index in [0.29, 0.717) is 24.4 Å². The number of methoxy groups -OCH3 is 1. The number of pyridine rings is 2. The van der Waals surface area contributed by atoms with Crippen LogP contribution in [0.15, 0.2) is 79.4 Å². The first-order chi connectivity index (χ1) is 21.2. The van der Waals surface area contributed by atoms with Crippen LogP contribution in [0.3, 0.4) is 0 Å². The van der Waals surface area contributed by atoms with Gasteiger partial charge in [0, 0.05) is 56.5 Å². The molecule has 0 bridgehead atoms. The molecule has 0 radical (unpaired) electrons. The highest BCUT2D eigenvalue weighted by Crippen LogP contribution is 2.23. The van der Waals surface area contributed by atoms with Gasteiger partial charge in [-0.2, -0.15) is 0 Å². The maximum absolute atomic E-state index is 14.6. The molecule has 5 rings (SSSR count). The minimum Gasteiger partial charge on any atom is -0.383 e. The van der Waals surface area contributed by atoms with Crippen LogP contribution >= 0.6 is 0 Å². The first-order valence-corrected chi connectivity index (χ1v) is 13.6. The van der Waals surface area contributed by atoms with E-state index in [1.54, 1.807) is 23.9 Å². The Morgan fingerprint density at radius 1 is 0.886 bits per heavy atom. The van der Waals surface area contributed by atoms with Crippen LogP contribution < -0.4 is 10.6 Å². The molecule has 226 valence electrons. The van der Waals surface area contributed by atoms with Crippen LogP contribution in [0.4, 0.5) is 18.9 Å². The van der Waals surface area contributed by atoms with Crippen molar-refractivity contribution in [3.05, 3.63) is 119 Å². The molecule has 3 aromatic heterocycles. The molecule has 0 unspecified atom stereocenters. The maximum Gasteiger partial charge on any atom is 0.274 e. The Morgan fingerprint density at radius 3 is 2.50 bits per heavy atom. The molecular formula is C32H29F3N6O3. The highest BCUT2D eigenvalue weighted by Gasteiger charge is 2.17. The fraction of sp³-hybridized carbons (Fsp3) is 0.188. The average molecular weight is 603 g/mol. The van der Waals surface area contributed by atoms with E-state index in [1.807, 2.05) is 31.4 Å². The minimum absolute atomic E-state index is 0.0628. The van der Waals surface area contributed by atoms with Crippen LogP contribution in [0.2, 0.25) is 0 Å². The van der Waals surface area contributed by atoms with Crippen LogP contribution in [0.1, 0.15) is 32.0 Å². The summed E-state index contributed by atoms with van der Waals surface area (Å²) in [7, 11) is 3.67. The Hall–Kier alpha value is -5.07. The molecule has 0 saturated carbocycles. The van der Waals surface area contributed by atoms with Crippen molar-refractivity contribution in [3.8, 4) is 11.1 Å². The molecule has 44 heavy (non-hydrogen) atoms. The lowest BCUT2D eigenvalue weighted by atomic mass is 10.1. The molecule has 5 aromatic rings. The van der Waals surface area contributed by atoms with E-state index in [4.69, 9.17) is 4.74 Å². The van der Waals surface area contributed by atoms with Gasteiger partial charge in [-0.05, 0) is 72.3 Å². The molecule has 2 N–H and O–H groups in total. The molecule has 0 fully saturated rings. The number of carbonyl (C=O) groups is 2. The third-order valence-corrected chi connectivity index (χ3v) is 6.92. The molecule has 0 saturated heterocycles. The van der Waals surface area contributed by atoms with E-state index in [1.165, 1.54) is 24.4 Å². The number of hydrogen-bond acceptors (Lipinski definition) is 6. The van der Waals surface area contributed by atoms with Gasteiger partial charge in [-0.3, -0.25) is 23.9 Å². The van der Waals surface area contributed by atoms with Gasteiger partial charge >= 0.3 is 0 Å². The molecular weight excluding hydrogens is 573 g/mol. The molecule has 12 heteroatoms. The van der Waals surface area contributed by atoms with Gasteiger partial charge < -0.3 is 15.4 Å². The fourth-order valence-corrected chi connectivity index (χ4v) is 4.58. The zero-order valence-corrected chi connectivity index (χ0v) is 24.0. The second-order valence-corrected chi connectivity index (χ2v) is 10.2. The minimum atomic E-state index is -1.03. The number of fused-ring (bicyclic) bond motifs is 1. The summed E-state index contributed by atoms with van der Waals surface area (Å²) in [6, 6.07) is 12.5. The summed E-state index contributed by atoms with van der Waals surface area (Å²) in [5.74, 6) is -3.99. The van der Waals surface area contributed by atoms with Crippen molar-refractivity contribution in [2.24, 2.45) is 0 Å². The zero-order chi connectivity index (χ0) is 31.2. The number of rotatable bonds is 11. The van der Waals surface area contributed by atoms with E-state index in [2.05, 4.69) is 25.5 Å². The standard InChI is InChI=1S/C32H29F3N6O3/c1-40(9-10-44-2)19-21-11-24(17-36-15-21)22-7-8-41-29(18-37-30(41)14-22)32(43)39-28-13-23(4-6-26(28)34)31(42)38-16-20-3-5-25(33)27(35)12-20/h3-8,11-15,17-18H,9-10,16,19H2,1-2H3,(H,38,42)(H,39,43). The number of hydrogen-bond donors (Lipinski definition) is 2. The lowest BCUT2D eigenvalue weighted by Gasteiger charge is -2.16. The number of nitrogens with one attached hydrogen (secondary N) is 2. The van der Waals surface area contributed by atoms with Gasteiger partial charge in [0.05, 0.1) is 18.5 Å². The predicted octanol–water partition coefficient (Wildman–Crippen LogP) is 5.07. The van der Waals surface area contributed by atoms with E-state index in [0.717, 1.165) is 41.4 Å². The Kier molecular flexibility index (Phi) is 9.32. The summed E-state index contributed by atoms with van der Waals surface area (Å²) in [5, 5.41) is 5.07. The number of aromatic nitrogens is 3.